The summed E-state index contributed by atoms with van der Waals surface area (Å²) in [5, 5.41) is 0. The first-order valence-electron chi connectivity index (χ1n) is 0. The molecule has 2 N–H and O–H groups in total. The quantitative estimate of drug-likeness (QED) is 0.503. The van der Waals surface area contributed by atoms with Gasteiger partial charge in [-0.15, -0.1) is 0 Å². The third-order valence-corrected chi connectivity index (χ3v) is 0. The van der Waals surface area contributed by atoms with Crippen molar-refractivity contribution in [3.8, 4) is 0 Å². The molecule has 0 spiro atoms. The van der Waals surface area contributed by atoms with Crippen molar-refractivity contribution in [2.75, 3.05) is 0 Å². The van der Waals surface area contributed by atoms with E-state index in [0.29, 0.717) is 0 Å². The predicted octanol–water partition coefficient (Wildman–Crippen LogP) is -1.21. The van der Waals surface area contributed by atoms with Crippen LogP contribution >= 0.6 is 0 Å². The zero-order valence-corrected chi connectivity index (χ0v) is 10.5. The van der Waals surface area contributed by atoms with Crippen molar-refractivity contribution in [1.29, 1.82) is 0 Å². The Bertz CT molecular complexity index is 8.00. The zero-order valence-electron chi connectivity index (χ0n) is 2.16. The van der Waals surface area contributed by atoms with E-state index in [9.17, 15) is 0 Å². The summed E-state index contributed by atoms with van der Waals surface area (Å²) in [6.45, 7) is 0. The van der Waals surface area contributed by atoms with E-state index >= 15 is 0 Å². The average molecular weight is 301 g/mol. The Morgan fingerprint density at radius 1 is 1.00 bits per heavy atom. The molecule has 0 heterocycles. The molecule has 0 aliphatic rings. The molecule has 0 aromatic rings. The van der Waals surface area contributed by atoms with Gasteiger partial charge in [-0.05, 0) is 0 Å². The second kappa shape index (κ2) is 16.2. The van der Waals surface area contributed by atoms with E-state index in [4.69, 9.17) is 0 Å². The molecule has 0 unspecified atom stereocenters. The minimum atomic E-state index is 0. The summed E-state index contributed by atoms with van der Waals surface area (Å²) in [4.78, 5) is 0. The van der Waals surface area contributed by atoms with Gasteiger partial charge in [0, 0.05) is 104 Å². The van der Waals surface area contributed by atoms with E-state index in [1.54, 1.807) is 0 Å². The molecule has 4 heavy (non-hydrogen) atoms. The largest absolute Gasteiger partial charge is 0.412 e. The van der Waals surface area contributed by atoms with Crippen LogP contribution in [0.2, 0.25) is 0 Å². The first-order chi connectivity index (χ1) is 0. The molecule has 0 aliphatic heterocycles. The Morgan fingerprint density at radius 2 is 1.00 bits per heavy atom. The van der Waals surface area contributed by atoms with Crippen molar-refractivity contribution < 1.29 is 63.8 Å². The van der Waals surface area contributed by atoms with Crippen LogP contribution in [0.4, 0.5) is 0 Å². The van der Waals surface area contributed by atoms with Crippen molar-refractivity contribution in [2.45, 2.75) is 0 Å². The van der Waals surface area contributed by atoms with Gasteiger partial charge in [0.2, 0.25) is 0 Å². The van der Waals surface area contributed by atoms with Gasteiger partial charge in [0.25, 0.3) is 0 Å². The summed E-state index contributed by atoms with van der Waals surface area (Å²) in [5.74, 6) is 0. The van der Waals surface area contributed by atoms with Gasteiger partial charge in [-0.1, -0.05) is 0 Å². The van der Waals surface area contributed by atoms with E-state index in [1.165, 1.54) is 0 Å². The fourth-order valence-electron chi connectivity index (χ4n) is 0. The fourth-order valence-corrected chi connectivity index (χ4v) is 0. The van der Waals surface area contributed by atoms with Crippen LogP contribution in [0.25, 0.3) is 0 Å². The summed E-state index contributed by atoms with van der Waals surface area (Å²) >= 11 is 0. The normalized spacial score (nSPS) is 0. The van der Waals surface area contributed by atoms with E-state index in [1.807, 2.05) is 0 Å². The van der Waals surface area contributed by atoms with Crippen molar-refractivity contribution in [1.82, 2.24) is 0 Å². The van der Waals surface area contributed by atoms with Gasteiger partial charge in [0.1, 0.15) is 0 Å². The molecule has 4 heteroatoms. The molecule has 0 aromatic heterocycles. The molecule has 0 amide bonds. The van der Waals surface area contributed by atoms with Crippen molar-refractivity contribution in [3.05, 3.63) is 0 Å². The van der Waals surface area contributed by atoms with Crippen LogP contribution in [0.3, 0.4) is 0 Å². The molecule has 1 nitrogen and oxygen atoms in total. The standard InChI is InChI=1S/Mn.H2O.Pr.Sr/h;1H2;;. The van der Waals surface area contributed by atoms with Crippen molar-refractivity contribution in [3.63, 3.8) is 0 Å². The van der Waals surface area contributed by atoms with Gasteiger partial charge in [0.15, 0.2) is 0 Å². The van der Waals surface area contributed by atoms with E-state index in [2.05, 4.69) is 0 Å². The van der Waals surface area contributed by atoms with Gasteiger partial charge in [0.05, 0.1) is 0 Å². The average Bonchev–Trinajstić information content (AvgIpc) is 0. The van der Waals surface area contributed by atoms with Crippen LogP contribution in [0.5, 0.6) is 0 Å². The first kappa shape index (κ1) is 26.5. The Labute approximate surface area is 106 Å². The maximum atomic E-state index is 0. The second-order valence-electron chi connectivity index (χ2n) is 0. The fraction of sp³-hybridized carbons (Fsp3) is 0. The maximum Gasteiger partial charge on any atom is 0 e. The summed E-state index contributed by atoms with van der Waals surface area (Å²) in [6, 6.07) is 0. The van der Waals surface area contributed by atoms with Crippen LogP contribution in [0.1, 0.15) is 0 Å². The van der Waals surface area contributed by atoms with Gasteiger partial charge in [-0.25, -0.2) is 0 Å². The third-order valence-electron chi connectivity index (χ3n) is 0. The molecule has 0 saturated carbocycles. The Hall–Kier alpha value is 3.32. The smallest absolute Gasteiger partial charge is 0 e. The first-order valence-corrected chi connectivity index (χ1v) is 0. The Balaban J connectivity index is 0. The van der Waals surface area contributed by atoms with Gasteiger partial charge >= 0.3 is 0 Å². The van der Waals surface area contributed by atoms with E-state index in [0.717, 1.165) is 0 Å². The Morgan fingerprint density at radius 3 is 1.00 bits per heavy atom. The SMILES string of the molecule is O.[Mn].[Pr].[Sr]. The van der Waals surface area contributed by atoms with Gasteiger partial charge in [-0.3, -0.25) is 0 Å². The van der Waals surface area contributed by atoms with Gasteiger partial charge < -0.3 is 5.48 Å². The maximum absolute atomic E-state index is 0. The summed E-state index contributed by atoms with van der Waals surface area (Å²) in [7, 11) is 0. The summed E-state index contributed by atoms with van der Waals surface area (Å²) < 4.78 is 0. The second-order valence-corrected chi connectivity index (χ2v) is 0. The predicted molar refractivity (Wildman–Crippen MR) is 9.37 cm³/mol. The molecular formula is H2MnOPrSr. The van der Waals surface area contributed by atoms with Crippen molar-refractivity contribution >= 4 is 45.5 Å². The number of hydrogen-bond donors (Lipinski definition) is 0. The monoisotopic (exact) mass is 302 g/mol. The number of hydrogen-bond acceptors (Lipinski definition) is 0. The zero-order chi connectivity index (χ0) is 0. The molecule has 0 rings (SSSR count). The molecule has 0 saturated heterocycles. The summed E-state index contributed by atoms with van der Waals surface area (Å²) in [6.07, 6.45) is 0. The molecule has 0 aliphatic carbocycles. The van der Waals surface area contributed by atoms with Crippen LogP contribution in [0.15, 0.2) is 0 Å². The molecule has 4 radical (unpaired) electrons. The molecule has 20 valence electrons. The summed E-state index contributed by atoms with van der Waals surface area (Å²) in [5.41, 5.74) is 0. The van der Waals surface area contributed by atoms with Crippen molar-refractivity contribution in [2.24, 2.45) is 0 Å². The third kappa shape index (κ3) is 9.01. The van der Waals surface area contributed by atoms with Gasteiger partial charge in [-0.2, -0.15) is 0 Å². The number of rotatable bonds is 0. The minimum Gasteiger partial charge on any atom is -0.412 e. The van der Waals surface area contributed by atoms with Crippen LogP contribution in [-0.4, -0.2) is 51.0 Å². The molecule has 0 atom stereocenters. The topological polar surface area (TPSA) is 31.5 Å². The Kier molecular flexibility index (Phi) is 108. The van der Waals surface area contributed by atoms with Crippen LogP contribution in [-0.2, 0) is 17.1 Å². The molecule has 0 bridgehead atoms. The van der Waals surface area contributed by atoms with E-state index in [-0.39, 0.29) is 109 Å². The minimum absolute atomic E-state index is 0. The molecule has 0 fully saturated rings. The van der Waals surface area contributed by atoms with Crippen LogP contribution < -0.4 is 0 Å². The van der Waals surface area contributed by atoms with Crippen LogP contribution in [0, 0.1) is 41.3 Å². The van der Waals surface area contributed by atoms with E-state index < -0.39 is 0 Å². The molecule has 0 aromatic carbocycles. The molecular weight excluding hydrogens is 299 g/mol.